The van der Waals surface area contributed by atoms with E-state index in [0.717, 1.165) is 11.1 Å². The summed E-state index contributed by atoms with van der Waals surface area (Å²) in [6.45, 7) is 0. The Kier molecular flexibility index (Phi) is 8.10. The van der Waals surface area contributed by atoms with Crippen LogP contribution in [0.15, 0.2) is 54.6 Å². The van der Waals surface area contributed by atoms with Gasteiger partial charge in [0.1, 0.15) is 0 Å². The van der Waals surface area contributed by atoms with Crippen molar-refractivity contribution < 1.29 is 57.1 Å². The quantitative estimate of drug-likeness (QED) is 0.212. The van der Waals surface area contributed by atoms with Crippen molar-refractivity contribution in [3.8, 4) is 11.1 Å². The van der Waals surface area contributed by atoms with Crippen LogP contribution in [0.4, 0.5) is 57.1 Å². The average molecular weight is 546 g/mol. The van der Waals surface area contributed by atoms with Crippen LogP contribution < -0.4 is 0 Å². The van der Waals surface area contributed by atoms with Gasteiger partial charge in [0.15, 0.2) is 0 Å². The molecule has 2 aromatic rings. The number of thioether (sulfide) groups is 1. The zero-order valence-electron chi connectivity index (χ0n) is 17.1. The van der Waals surface area contributed by atoms with Gasteiger partial charge in [-0.05, 0) is 22.4 Å². The molecule has 0 aliphatic heterocycles. The van der Waals surface area contributed by atoms with E-state index in [0.29, 0.717) is 17.3 Å². The van der Waals surface area contributed by atoms with Crippen LogP contribution in [0.5, 0.6) is 0 Å². The summed E-state index contributed by atoms with van der Waals surface area (Å²) in [6, 6.07) is 15.3. The summed E-state index contributed by atoms with van der Waals surface area (Å²) >= 11 is 0.505. The summed E-state index contributed by atoms with van der Waals surface area (Å²) in [5, 5.41) is 0. The largest absolute Gasteiger partial charge is 0.460 e. The monoisotopic (exact) mass is 546 g/mol. The van der Waals surface area contributed by atoms with Crippen molar-refractivity contribution in [3.05, 3.63) is 60.2 Å². The van der Waals surface area contributed by atoms with E-state index in [9.17, 15) is 57.1 Å². The van der Waals surface area contributed by atoms with E-state index in [1.807, 2.05) is 0 Å². The molecule has 0 atom stereocenters. The first-order valence-electron chi connectivity index (χ1n) is 9.47. The van der Waals surface area contributed by atoms with Gasteiger partial charge in [0.2, 0.25) is 0 Å². The molecule has 0 aliphatic carbocycles. The summed E-state index contributed by atoms with van der Waals surface area (Å²) in [5.74, 6) is -37.7. The third kappa shape index (κ3) is 5.36. The van der Waals surface area contributed by atoms with Gasteiger partial charge < -0.3 is 0 Å². The van der Waals surface area contributed by atoms with Crippen molar-refractivity contribution >= 4 is 11.8 Å². The van der Waals surface area contributed by atoms with Gasteiger partial charge in [0.25, 0.3) is 0 Å². The van der Waals surface area contributed by atoms with Crippen LogP contribution in [0, 0.1) is 0 Å². The van der Waals surface area contributed by atoms with Crippen molar-refractivity contribution in [3.63, 3.8) is 0 Å². The number of hydrogen-bond acceptors (Lipinski definition) is 1. The molecule has 2 aromatic carbocycles. The highest BCUT2D eigenvalue weighted by Gasteiger charge is 2.90. The molecule has 35 heavy (non-hydrogen) atoms. The molecule has 0 aliphatic rings. The van der Waals surface area contributed by atoms with E-state index < -0.39 is 48.0 Å². The molecule has 0 spiro atoms. The van der Waals surface area contributed by atoms with E-state index in [1.54, 1.807) is 54.6 Å². The second-order valence-corrected chi connectivity index (χ2v) is 8.47. The lowest BCUT2D eigenvalue weighted by Gasteiger charge is -2.39. The van der Waals surface area contributed by atoms with Crippen molar-refractivity contribution in [1.82, 2.24) is 0 Å². The number of hydrogen-bond donors (Lipinski definition) is 0. The maximum atomic E-state index is 13.8. The van der Waals surface area contributed by atoms with Gasteiger partial charge in [0.05, 0.1) is 0 Å². The molecule has 196 valence electrons. The highest BCUT2D eigenvalue weighted by molar-refractivity contribution is 7.98. The molecule has 0 bridgehead atoms. The Morgan fingerprint density at radius 3 is 1.46 bits per heavy atom. The maximum Gasteiger partial charge on any atom is 0.460 e. The fourth-order valence-electron chi connectivity index (χ4n) is 2.77. The van der Waals surface area contributed by atoms with Gasteiger partial charge in [-0.3, -0.25) is 0 Å². The number of rotatable bonds is 10. The third-order valence-electron chi connectivity index (χ3n) is 4.89. The Balaban J connectivity index is 2.06. The van der Waals surface area contributed by atoms with E-state index in [4.69, 9.17) is 0 Å². The summed E-state index contributed by atoms with van der Waals surface area (Å²) in [7, 11) is 0. The summed E-state index contributed by atoms with van der Waals surface area (Å²) in [6.07, 6.45) is -9.60. The zero-order chi connectivity index (χ0) is 26.9. The SMILES string of the molecule is FC(F)(F)C(F)(F)C(F)(F)C(F)(F)C(F)(F)C(F)(F)CCSCc1ccc(-c2ccccc2)cc1. The van der Waals surface area contributed by atoms with Gasteiger partial charge in [-0.15, -0.1) is 0 Å². The lowest BCUT2D eigenvalue weighted by molar-refractivity contribution is -0.439. The van der Waals surface area contributed by atoms with Crippen LogP contribution in [0.2, 0.25) is 0 Å². The van der Waals surface area contributed by atoms with Crippen molar-refractivity contribution in [2.24, 2.45) is 0 Å². The first-order chi connectivity index (χ1) is 15.8. The van der Waals surface area contributed by atoms with E-state index in [2.05, 4.69) is 0 Å². The fraction of sp³-hybridized carbons (Fsp3) is 0.429. The minimum atomic E-state index is -7.86. The van der Waals surface area contributed by atoms with Crippen LogP contribution in [0.1, 0.15) is 12.0 Å². The highest BCUT2D eigenvalue weighted by atomic mass is 32.2. The molecule has 0 radical (unpaired) electrons. The Bertz CT molecular complexity index is 967. The van der Waals surface area contributed by atoms with Crippen LogP contribution >= 0.6 is 11.8 Å². The summed E-state index contributed by atoms with van der Waals surface area (Å²) < 4.78 is 170. The van der Waals surface area contributed by atoms with Gasteiger partial charge in [-0.1, -0.05) is 54.6 Å². The summed E-state index contributed by atoms with van der Waals surface area (Å²) in [5.41, 5.74) is 2.12. The molecule has 0 saturated heterocycles. The fourth-order valence-corrected chi connectivity index (χ4v) is 3.75. The lowest BCUT2D eigenvalue weighted by atomic mass is 9.93. The molecule has 0 unspecified atom stereocenters. The predicted molar refractivity (Wildman–Crippen MR) is 103 cm³/mol. The lowest BCUT2D eigenvalue weighted by Crippen LogP contribution is -2.70. The van der Waals surface area contributed by atoms with Crippen LogP contribution in [0.3, 0.4) is 0 Å². The molecule has 0 saturated carbocycles. The Morgan fingerprint density at radius 2 is 0.971 bits per heavy atom. The molecule has 0 nitrogen and oxygen atoms in total. The minimum absolute atomic E-state index is 0.102. The first kappa shape index (κ1) is 29.1. The predicted octanol–water partition coefficient (Wildman–Crippen LogP) is 8.72. The van der Waals surface area contributed by atoms with Gasteiger partial charge in [-0.25, -0.2) is 0 Å². The molecule has 14 heteroatoms. The van der Waals surface area contributed by atoms with Crippen molar-refractivity contribution in [2.75, 3.05) is 5.75 Å². The Hall–Kier alpha value is -2.12. The number of benzene rings is 2. The van der Waals surface area contributed by atoms with Crippen molar-refractivity contribution in [2.45, 2.75) is 48.0 Å². The number of alkyl halides is 13. The van der Waals surface area contributed by atoms with Gasteiger partial charge in [0, 0.05) is 12.2 Å². The average Bonchev–Trinajstić information content (AvgIpc) is 2.76. The molecule has 0 aromatic heterocycles. The van der Waals surface area contributed by atoms with E-state index >= 15 is 0 Å². The smallest absolute Gasteiger partial charge is 0.200 e. The van der Waals surface area contributed by atoms with Gasteiger partial charge in [-0.2, -0.15) is 68.8 Å². The molecule has 0 N–H and O–H groups in total. The van der Waals surface area contributed by atoms with Crippen LogP contribution in [0.25, 0.3) is 11.1 Å². The highest BCUT2D eigenvalue weighted by Crippen LogP contribution is 2.60. The topological polar surface area (TPSA) is 0 Å². The molecular weight excluding hydrogens is 531 g/mol. The van der Waals surface area contributed by atoms with E-state index in [1.165, 1.54) is 0 Å². The second-order valence-electron chi connectivity index (χ2n) is 7.37. The third-order valence-corrected chi connectivity index (χ3v) is 5.92. The molecule has 0 heterocycles. The minimum Gasteiger partial charge on any atom is -0.200 e. The molecule has 0 amide bonds. The van der Waals surface area contributed by atoms with Crippen LogP contribution in [-0.4, -0.2) is 41.5 Å². The second kappa shape index (κ2) is 9.74. The standard InChI is InChI=1S/C21H15F13S/c22-16(23,17(24,25)18(26,27)19(28,29)20(30,31)21(32,33)34)10-11-35-12-13-6-8-15(9-7-13)14-4-2-1-3-5-14/h1-9H,10-12H2. The molecule has 2 rings (SSSR count). The zero-order valence-corrected chi connectivity index (χ0v) is 18.0. The Labute approximate surface area is 194 Å². The number of halogens is 13. The van der Waals surface area contributed by atoms with Gasteiger partial charge >= 0.3 is 35.8 Å². The first-order valence-corrected chi connectivity index (χ1v) is 10.6. The summed E-state index contributed by atoms with van der Waals surface area (Å²) in [4.78, 5) is 0. The Morgan fingerprint density at radius 1 is 0.514 bits per heavy atom. The maximum absolute atomic E-state index is 13.8. The normalized spacial score (nSPS) is 14.3. The van der Waals surface area contributed by atoms with Crippen molar-refractivity contribution in [1.29, 1.82) is 0 Å². The van der Waals surface area contributed by atoms with E-state index in [-0.39, 0.29) is 5.75 Å². The molecule has 0 fully saturated rings. The van der Waals surface area contributed by atoms with Crippen LogP contribution in [-0.2, 0) is 5.75 Å². The molecular formula is C21H15F13S.